The van der Waals surface area contributed by atoms with Gasteiger partial charge in [0.1, 0.15) is 41.1 Å². The quantitative estimate of drug-likeness (QED) is 0.276. The molecule has 248 valence electrons. The number of nitrogens with one attached hydrogen (secondary N) is 1. The number of aromatic nitrogens is 4. The molecule has 2 aromatic heterocycles. The monoisotopic (exact) mass is 647 g/mol. The van der Waals surface area contributed by atoms with E-state index in [1.165, 1.54) is 6.33 Å². The minimum Gasteiger partial charge on any atom is -0.457 e. The number of nitrogens with zero attached hydrogens (tertiary/aromatic N) is 7. The summed E-state index contributed by atoms with van der Waals surface area (Å²) in [6.07, 6.45) is 0.112. The Hall–Kier alpha value is -4.40. The van der Waals surface area contributed by atoms with Gasteiger partial charge in [0.15, 0.2) is 5.65 Å². The zero-order valence-electron chi connectivity index (χ0n) is 26.6. The standard InChI is InChI=1S/C33H39F2N9O3/c1-32(2,3)47-31(45)43-19-33(35,40-43)18-41-15-22(16-41)42-14-13-26(25(34)17-42)44-30-27(29(36)37-20-38-30)28(39-44)21-9-11-24(12-10-21)46-23-7-5-4-6-8-23/h4-12,20,22,25-26,40H,13-19H2,1-3H3,(H2,36,37,38)/t25-,26+,33?/m1/s1. The third kappa shape index (κ3) is 6.45. The molecule has 3 fully saturated rings. The second kappa shape index (κ2) is 12.0. The van der Waals surface area contributed by atoms with E-state index in [0.717, 1.165) is 16.3 Å². The van der Waals surface area contributed by atoms with Crippen molar-refractivity contribution in [1.29, 1.82) is 0 Å². The molecule has 0 saturated carbocycles. The lowest BCUT2D eigenvalue weighted by Gasteiger charge is -2.52. The molecule has 1 unspecified atom stereocenters. The molecule has 0 spiro atoms. The van der Waals surface area contributed by atoms with Gasteiger partial charge in [0.25, 0.3) is 0 Å². The molecule has 12 nitrogen and oxygen atoms in total. The molecule has 1 amide bonds. The number of amides is 1. The predicted octanol–water partition coefficient (Wildman–Crippen LogP) is 4.56. The van der Waals surface area contributed by atoms with Crippen LogP contribution in [0.5, 0.6) is 11.5 Å². The maximum Gasteiger partial charge on any atom is 0.425 e. The topological polar surface area (TPSA) is 127 Å². The summed E-state index contributed by atoms with van der Waals surface area (Å²) in [5.74, 6) is -0.0120. The summed E-state index contributed by atoms with van der Waals surface area (Å²) in [5, 5.41) is 6.60. The van der Waals surface area contributed by atoms with Gasteiger partial charge < -0.3 is 15.2 Å². The van der Waals surface area contributed by atoms with E-state index in [9.17, 15) is 4.79 Å². The smallest absolute Gasteiger partial charge is 0.425 e. The Morgan fingerprint density at radius 3 is 2.45 bits per heavy atom. The Morgan fingerprint density at radius 1 is 1.06 bits per heavy atom. The zero-order chi connectivity index (χ0) is 32.9. The van der Waals surface area contributed by atoms with Gasteiger partial charge in [-0.1, -0.05) is 18.2 Å². The van der Waals surface area contributed by atoms with Crippen LogP contribution in [0.2, 0.25) is 0 Å². The van der Waals surface area contributed by atoms with Crippen LogP contribution < -0.4 is 15.9 Å². The number of anilines is 1. The maximum absolute atomic E-state index is 15.9. The van der Waals surface area contributed by atoms with Crippen LogP contribution in [-0.2, 0) is 4.74 Å². The van der Waals surface area contributed by atoms with E-state index < -0.39 is 29.7 Å². The number of nitrogen functional groups attached to an aromatic ring is 1. The van der Waals surface area contributed by atoms with Crippen LogP contribution in [0.25, 0.3) is 22.3 Å². The van der Waals surface area contributed by atoms with Gasteiger partial charge in [-0.2, -0.15) is 10.5 Å². The van der Waals surface area contributed by atoms with E-state index in [-0.39, 0.29) is 31.5 Å². The number of rotatable bonds is 7. The second-order valence-electron chi connectivity index (χ2n) is 13.5. The molecule has 0 radical (unpaired) electrons. The molecule has 7 rings (SSSR count). The number of ether oxygens (including phenoxy) is 2. The number of hydrogen-bond donors (Lipinski definition) is 2. The van der Waals surface area contributed by atoms with Gasteiger partial charge in [-0.15, -0.1) is 0 Å². The van der Waals surface area contributed by atoms with Crippen molar-refractivity contribution in [2.45, 2.75) is 56.8 Å². The van der Waals surface area contributed by atoms with Crippen molar-refractivity contribution in [3.63, 3.8) is 0 Å². The van der Waals surface area contributed by atoms with E-state index in [1.807, 2.05) is 59.5 Å². The van der Waals surface area contributed by atoms with Gasteiger partial charge in [0.05, 0.1) is 18.0 Å². The lowest BCUT2D eigenvalue weighted by atomic mass is 9.97. The van der Waals surface area contributed by atoms with Crippen molar-refractivity contribution < 1.29 is 23.0 Å². The normalized spacial score (nSPS) is 24.1. The zero-order valence-corrected chi connectivity index (χ0v) is 26.6. The first-order chi connectivity index (χ1) is 22.4. The third-order valence-electron chi connectivity index (χ3n) is 8.76. The van der Waals surface area contributed by atoms with E-state index in [1.54, 1.807) is 25.5 Å². The van der Waals surface area contributed by atoms with Crippen molar-refractivity contribution in [1.82, 2.24) is 40.0 Å². The molecule has 3 N–H and O–H groups in total. The summed E-state index contributed by atoms with van der Waals surface area (Å²) in [4.78, 5) is 24.9. The number of para-hydroxylation sites is 1. The summed E-state index contributed by atoms with van der Waals surface area (Å²) in [6.45, 7) is 7.50. The van der Waals surface area contributed by atoms with E-state index in [0.29, 0.717) is 48.5 Å². The number of piperidine rings is 1. The summed E-state index contributed by atoms with van der Waals surface area (Å²) < 4.78 is 44.0. The third-order valence-corrected chi connectivity index (χ3v) is 8.76. The Balaban J connectivity index is 0.976. The minimum absolute atomic E-state index is 0.0828. The van der Waals surface area contributed by atoms with Crippen LogP contribution in [0.3, 0.4) is 0 Å². The molecule has 4 aromatic rings. The number of carbonyl (C=O) groups is 1. The maximum atomic E-state index is 15.9. The molecule has 47 heavy (non-hydrogen) atoms. The largest absolute Gasteiger partial charge is 0.457 e. The fraction of sp³-hybridized carbons (Fsp3) is 0.455. The SMILES string of the molecule is CC(C)(C)OC(=O)N1CC(F)(CN2CC(N3CC[C@H](n4nc(-c5ccc(Oc6ccccc6)cc5)c5c(N)ncnc54)[C@H](F)C3)C2)N1. The second-order valence-corrected chi connectivity index (χ2v) is 13.5. The van der Waals surface area contributed by atoms with Gasteiger partial charge in [-0.25, -0.2) is 33.2 Å². The van der Waals surface area contributed by atoms with Crippen molar-refractivity contribution in [3.05, 3.63) is 60.9 Å². The van der Waals surface area contributed by atoms with Crippen molar-refractivity contribution in [2.24, 2.45) is 0 Å². The molecule has 3 aliphatic rings. The molecular weight excluding hydrogens is 608 g/mol. The van der Waals surface area contributed by atoms with E-state index >= 15 is 8.78 Å². The van der Waals surface area contributed by atoms with Crippen LogP contribution >= 0.6 is 0 Å². The van der Waals surface area contributed by atoms with Gasteiger partial charge in [-0.05, 0) is 63.6 Å². The number of fused-ring (bicyclic) bond motifs is 1. The van der Waals surface area contributed by atoms with Gasteiger partial charge in [0, 0.05) is 44.3 Å². The number of halogens is 2. The molecule has 3 aliphatic heterocycles. The Bertz CT molecular complexity index is 1740. The lowest BCUT2D eigenvalue weighted by molar-refractivity contribution is -0.139. The van der Waals surface area contributed by atoms with Crippen molar-refractivity contribution >= 4 is 22.9 Å². The van der Waals surface area contributed by atoms with Crippen LogP contribution in [0.4, 0.5) is 19.4 Å². The first kappa shape index (κ1) is 31.2. The van der Waals surface area contributed by atoms with E-state index in [2.05, 4.69) is 20.3 Å². The number of alkyl halides is 2. The molecule has 0 bridgehead atoms. The lowest BCUT2D eigenvalue weighted by Crippen LogP contribution is -2.76. The Labute approximate surface area is 271 Å². The molecule has 2 aromatic carbocycles. The summed E-state index contributed by atoms with van der Waals surface area (Å²) in [7, 11) is 0. The molecular formula is C33H39F2N9O3. The van der Waals surface area contributed by atoms with Crippen molar-refractivity contribution in [3.8, 4) is 22.8 Å². The van der Waals surface area contributed by atoms with Crippen LogP contribution in [0, 0.1) is 0 Å². The number of nitrogens with two attached hydrogens (primary N) is 1. The number of benzene rings is 2. The van der Waals surface area contributed by atoms with Gasteiger partial charge in [0.2, 0.25) is 5.79 Å². The first-order valence-corrected chi connectivity index (χ1v) is 15.8. The molecule has 5 heterocycles. The Morgan fingerprint density at radius 2 is 1.77 bits per heavy atom. The minimum atomic E-state index is -1.70. The van der Waals surface area contributed by atoms with Crippen molar-refractivity contribution in [2.75, 3.05) is 45.0 Å². The predicted molar refractivity (Wildman–Crippen MR) is 172 cm³/mol. The highest BCUT2D eigenvalue weighted by atomic mass is 19.1. The first-order valence-electron chi connectivity index (χ1n) is 15.8. The van der Waals surface area contributed by atoms with Crippen LogP contribution in [0.15, 0.2) is 60.9 Å². The highest BCUT2D eigenvalue weighted by Crippen LogP contribution is 2.37. The fourth-order valence-corrected chi connectivity index (χ4v) is 6.50. The molecule has 3 atom stereocenters. The number of carbonyl (C=O) groups excluding carboxylic acids is 1. The summed E-state index contributed by atoms with van der Waals surface area (Å²) in [5.41, 5.74) is 10.1. The van der Waals surface area contributed by atoms with Crippen LogP contribution in [-0.4, -0.2) is 104 Å². The van der Waals surface area contributed by atoms with Crippen LogP contribution in [0.1, 0.15) is 33.2 Å². The summed E-state index contributed by atoms with van der Waals surface area (Å²) in [6, 6.07) is 16.6. The Kier molecular flexibility index (Phi) is 7.97. The average molecular weight is 648 g/mol. The number of hydrogen-bond acceptors (Lipinski definition) is 10. The molecule has 0 aliphatic carbocycles. The average Bonchev–Trinajstić information content (AvgIpc) is 3.38. The number of hydrazine groups is 1. The highest BCUT2D eigenvalue weighted by molar-refractivity contribution is 5.98. The molecule has 14 heteroatoms. The van der Waals surface area contributed by atoms with Gasteiger partial charge >= 0.3 is 6.09 Å². The van der Waals surface area contributed by atoms with E-state index in [4.69, 9.17) is 20.3 Å². The molecule has 3 saturated heterocycles. The fourth-order valence-electron chi connectivity index (χ4n) is 6.50. The highest BCUT2D eigenvalue weighted by Gasteiger charge is 2.50. The summed E-state index contributed by atoms with van der Waals surface area (Å²) >= 11 is 0. The number of likely N-dealkylation sites (tertiary alicyclic amines) is 2. The van der Waals surface area contributed by atoms with Gasteiger partial charge in [-0.3, -0.25) is 9.80 Å².